The Kier molecular flexibility index (Phi) is 6.83. The van der Waals surface area contributed by atoms with E-state index in [9.17, 15) is 18.7 Å². The lowest BCUT2D eigenvalue weighted by Gasteiger charge is -2.41. The number of ether oxygens (including phenoxy) is 2. The number of hydrogen-bond donors (Lipinski definition) is 1. The molecule has 6 rings (SSSR count). The molecule has 3 aliphatic rings. The molecule has 0 bridgehead atoms. The Morgan fingerprint density at radius 3 is 2.53 bits per heavy atom. The lowest BCUT2D eigenvalue weighted by atomic mass is 9.86. The van der Waals surface area contributed by atoms with Gasteiger partial charge in [0.05, 0.1) is 43.4 Å². The summed E-state index contributed by atoms with van der Waals surface area (Å²) in [5.74, 6) is 0.510. The fraction of sp³-hybridized carbons (Fsp3) is 0.538. The van der Waals surface area contributed by atoms with Gasteiger partial charge in [-0.25, -0.2) is 13.8 Å². The minimum atomic E-state index is -2.80. The summed E-state index contributed by atoms with van der Waals surface area (Å²) in [6.07, 6.45) is -0.666. The molecular weight excluding hydrogens is 498 g/mol. The van der Waals surface area contributed by atoms with Gasteiger partial charge in [0, 0.05) is 25.1 Å². The third-order valence-corrected chi connectivity index (χ3v) is 7.48. The molecule has 202 valence electrons. The highest BCUT2D eigenvalue weighted by Crippen LogP contribution is 2.31. The highest BCUT2D eigenvalue weighted by Gasteiger charge is 2.37. The first-order valence-corrected chi connectivity index (χ1v) is 13.1. The molecule has 0 radical (unpaired) electrons. The lowest BCUT2D eigenvalue weighted by Crippen LogP contribution is -2.58. The van der Waals surface area contributed by atoms with E-state index in [1.807, 2.05) is 4.90 Å². The van der Waals surface area contributed by atoms with E-state index >= 15 is 0 Å². The summed E-state index contributed by atoms with van der Waals surface area (Å²) in [5, 5.41) is 9.72. The molecule has 1 aliphatic carbocycles. The van der Waals surface area contributed by atoms with Crippen molar-refractivity contribution in [2.24, 2.45) is 5.92 Å². The Bertz CT molecular complexity index is 1300. The number of aliphatic hydroxyl groups is 1. The fourth-order valence-electron chi connectivity index (χ4n) is 5.36. The molecule has 3 fully saturated rings. The molecule has 1 aromatic carbocycles. The molecule has 2 aliphatic heterocycles. The van der Waals surface area contributed by atoms with Crippen LogP contribution in [0.25, 0.3) is 16.9 Å². The van der Waals surface area contributed by atoms with Crippen molar-refractivity contribution in [2.75, 3.05) is 44.3 Å². The smallest absolute Gasteiger partial charge is 0.296 e. The number of carbonyl (C=O) groups excluding carboxylic acids is 1. The van der Waals surface area contributed by atoms with Gasteiger partial charge >= 0.3 is 0 Å². The van der Waals surface area contributed by atoms with E-state index in [1.165, 1.54) is 4.57 Å². The summed E-state index contributed by atoms with van der Waals surface area (Å²) in [7, 11) is 0. The van der Waals surface area contributed by atoms with Gasteiger partial charge in [0.2, 0.25) is 17.7 Å². The number of aliphatic hydroxyl groups excluding tert-OH is 1. The summed E-state index contributed by atoms with van der Waals surface area (Å²) in [6.45, 7) is 3.02. The molecule has 0 atom stereocenters. The summed E-state index contributed by atoms with van der Waals surface area (Å²) < 4.78 is 41.0. The average molecular weight is 529 g/mol. The van der Waals surface area contributed by atoms with Gasteiger partial charge in [-0.1, -0.05) is 12.1 Å². The van der Waals surface area contributed by atoms with Crippen LogP contribution < -0.4 is 9.64 Å². The van der Waals surface area contributed by atoms with Gasteiger partial charge in [-0.3, -0.25) is 9.36 Å². The van der Waals surface area contributed by atoms with Gasteiger partial charge in [0.25, 0.3) is 6.43 Å². The highest BCUT2D eigenvalue weighted by atomic mass is 19.3. The molecule has 1 N–H and O–H groups in total. The summed E-state index contributed by atoms with van der Waals surface area (Å²) in [4.78, 5) is 29.9. The van der Waals surface area contributed by atoms with E-state index in [-0.39, 0.29) is 35.7 Å². The highest BCUT2D eigenvalue weighted by molar-refractivity contribution is 5.80. The number of hydrogen-bond acceptors (Lipinski definition) is 8. The molecule has 1 amide bonds. The van der Waals surface area contributed by atoms with Gasteiger partial charge < -0.3 is 24.4 Å². The van der Waals surface area contributed by atoms with Gasteiger partial charge in [0.15, 0.2) is 5.82 Å². The number of aromatic nitrogens is 4. The molecule has 0 spiro atoms. The minimum absolute atomic E-state index is 0.0554. The molecule has 2 aromatic heterocycles. The first kappa shape index (κ1) is 24.9. The van der Waals surface area contributed by atoms with Crippen molar-refractivity contribution < 1.29 is 28.2 Å². The number of benzene rings is 1. The van der Waals surface area contributed by atoms with E-state index in [1.54, 1.807) is 35.2 Å². The van der Waals surface area contributed by atoms with Crippen LogP contribution in [0.15, 0.2) is 30.3 Å². The predicted octanol–water partition coefficient (Wildman–Crippen LogP) is 2.73. The number of carbonyl (C=O) groups is 1. The average Bonchev–Trinajstić information content (AvgIpc) is 3.31. The zero-order valence-corrected chi connectivity index (χ0v) is 20.9. The first-order valence-electron chi connectivity index (χ1n) is 13.1. The van der Waals surface area contributed by atoms with E-state index in [2.05, 4.69) is 15.0 Å². The number of amides is 1. The molecule has 12 heteroatoms. The Morgan fingerprint density at radius 2 is 1.79 bits per heavy atom. The van der Waals surface area contributed by atoms with Crippen LogP contribution in [0.1, 0.15) is 37.9 Å². The quantitative estimate of drug-likeness (QED) is 0.521. The number of morpholine rings is 1. The van der Waals surface area contributed by atoms with Crippen LogP contribution in [0.3, 0.4) is 0 Å². The van der Waals surface area contributed by atoms with Crippen LogP contribution in [0.4, 0.5) is 14.7 Å². The Morgan fingerprint density at radius 1 is 1.05 bits per heavy atom. The Balaban J connectivity index is 1.26. The number of fused-ring (bicyclic) bond motifs is 1. The third kappa shape index (κ3) is 4.90. The molecule has 38 heavy (non-hydrogen) atoms. The number of alkyl halides is 2. The monoisotopic (exact) mass is 528 g/mol. The SMILES string of the molecule is O=C([C@H]1CC[C@@H](O)CC1)N1CC(Oc2cc(-n3c(C(F)F)nc4ccccc43)nc(N3CCOCC3)n2)C1. The third-order valence-electron chi connectivity index (χ3n) is 7.48. The van der Waals surface area contributed by atoms with Crippen LogP contribution >= 0.6 is 0 Å². The van der Waals surface area contributed by atoms with Gasteiger partial charge in [0.1, 0.15) is 11.9 Å². The normalized spacial score (nSPS) is 22.6. The maximum atomic E-state index is 14.0. The van der Waals surface area contributed by atoms with Crippen molar-refractivity contribution in [3.05, 3.63) is 36.2 Å². The molecule has 0 unspecified atom stereocenters. The van der Waals surface area contributed by atoms with Crippen molar-refractivity contribution in [1.82, 2.24) is 24.4 Å². The van der Waals surface area contributed by atoms with E-state index in [0.29, 0.717) is 82.1 Å². The van der Waals surface area contributed by atoms with Crippen LogP contribution in [-0.2, 0) is 9.53 Å². The van der Waals surface area contributed by atoms with E-state index in [4.69, 9.17) is 9.47 Å². The molecule has 10 nitrogen and oxygen atoms in total. The predicted molar refractivity (Wildman–Crippen MR) is 134 cm³/mol. The van der Waals surface area contributed by atoms with Crippen molar-refractivity contribution in [3.8, 4) is 11.7 Å². The van der Waals surface area contributed by atoms with E-state index < -0.39 is 12.2 Å². The second-order valence-corrected chi connectivity index (χ2v) is 10.0. The van der Waals surface area contributed by atoms with Crippen LogP contribution in [-0.4, -0.2) is 87.0 Å². The zero-order valence-electron chi connectivity index (χ0n) is 20.9. The molecule has 4 heterocycles. The standard InChI is InChI=1S/C26H30F2N6O4/c27-23(28)24-29-19-3-1-2-4-20(19)34(24)21-13-22(31-26(30-21)32-9-11-37-12-10-32)38-18-14-33(15-18)25(36)16-5-7-17(35)8-6-16/h1-4,13,16-18,23,35H,5-12,14-15H2/t16-,17+. The molecule has 1 saturated carbocycles. The molecular formula is C26H30F2N6O4. The van der Waals surface area contributed by atoms with Crippen molar-refractivity contribution in [3.63, 3.8) is 0 Å². The second kappa shape index (κ2) is 10.4. The largest absolute Gasteiger partial charge is 0.470 e. The lowest BCUT2D eigenvalue weighted by molar-refractivity contribution is -0.146. The Hall–Kier alpha value is -3.38. The zero-order chi connectivity index (χ0) is 26.2. The number of nitrogens with zero attached hydrogens (tertiary/aromatic N) is 6. The second-order valence-electron chi connectivity index (χ2n) is 10.0. The number of likely N-dealkylation sites (tertiary alicyclic amines) is 1. The van der Waals surface area contributed by atoms with Gasteiger partial charge in [-0.05, 0) is 37.8 Å². The summed E-state index contributed by atoms with van der Waals surface area (Å²) in [5.41, 5.74) is 0.957. The van der Waals surface area contributed by atoms with E-state index in [0.717, 1.165) is 0 Å². The molecule has 2 saturated heterocycles. The number of imidazole rings is 1. The fourth-order valence-corrected chi connectivity index (χ4v) is 5.36. The van der Waals surface area contributed by atoms with Gasteiger partial charge in [-0.2, -0.15) is 9.97 Å². The number of para-hydroxylation sites is 2. The Labute approximate surface area is 218 Å². The van der Waals surface area contributed by atoms with Crippen molar-refractivity contribution >= 4 is 22.9 Å². The maximum absolute atomic E-state index is 14.0. The minimum Gasteiger partial charge on any atom is -0.470 e. The maximum Gasteiger partial charge on any atom is 0.296 e. The molecule has 3 aromatic rings. The first-order chi connectivity index (χ1) is 18.5. The van der Waals surface area contributed by atoms with Crippen LogP contribution in [0, 0.1) is 5.92 Å². The van der Waals surface area contributed by atoms with Crippen molar-refractivity contribution in [2.45, 2.75) is 44.3 Å². The summed E-state index contributed by atoms with van der Waals surface area (Å²) >= 11 is 0. The number of halogens is 2. The van der Waals surface area contributed by atoms with Crippen LogP contribution in [0.2, 0.25) is 0 Å². The van der Waals surface area contributed by atoms with Crippen LogP contribution in [0.5, 0.6) is 5.88 Å². The van der Waals surface area contributed by atoms with Gasteiger partial charge in [-0.15, -0.1) is 0 Å². The number of anilines is 1. The topological polar surface area (TPSA) is 106 Å². The number of rotatable bonds is 6. The summed E-state index contributed by atoms with van der Waals surface area (Å²) in [6, 6.07) is 8.49. The van der Waals surface area contributed by atoms with Crippen molar-refractivity contribution in [1.29, 1.82) is 0 Å².